The lowest BCUT2D eigenvalue weighted by atomic mass is 9.93. The minimum absolute atomic E-state index is 0.0249. The monoisotopic (exact) mass is 759 g/mol. The summed E-state index contributed by atoms with van der Waals surface area (Å²) in [4.78, 5) is 49.3. The number of hydrogen-bond donors (Lipinski definition) is 1. The molecule has 9 nitrogen and oxygen atoms in total. The van der Waals surface area contributed by atoms with Gasteiger partial charge in [-0.15, -0.1) is 0 Å². The number of nitrogens with zero attached hydrogens (tertiary/aromatic N) is 6. The molecule has 4 aromatic carbocycles. The lowest BCUT2D eigenvalue weighted by Gasteiger charge is -2.32. The topological polar surface area (TPSA) is 88.1 Å². The highest BCUT2D eigenvalue weighted by molar-refractivity contribution is 6.03. The number of aliphatic imine (C=N–C) groups is 1. The van der Waals surface area contributed by atoms with Crippen LogP contribution in [-0.4, -0.2) is 94.4 Å². The molecule has 8 rings (SSSR count). The molecule has 2 amide bonds. The molecule has 1 aromatic heterocycles. The SMILES string of the molecule is Cc1cc(C2=CN=C([C@@H]3CCCN3C(=O)[C@@H](c3ccccc3)N(C)C)C2)ccc1-c1ccc(-c2cnc([C@@H]3CCCN3C(=O)[C@@H](c3ccccc3)N(C)C)[nH]2)cc1. The molecule has 0 bridgehead atoms. The highest BCUT2D eigenvalue weighted by Crippen LogP contribution is 2.37. The molecule has 1 N–H and O–H groups in total. The molecule has 0 saturated carbocycles. The maximum Gasteiger partial charge on any atom is 0.245 e. The van der Waals surface area contributed by atoms with Crippen LogP contribution in [0.5, 0.6) is 0 Å². The van der Waals surface area contributed by atoms with E-state index >= 15 is 0 Å². The van der Waals surface area contributed by atoms with E-state index in [1.807, 2.05) is 116 Å². The van der Waals surface area contributed by atoms with Gasteiger partial charge in [0.1, 0.15) is 17.9 Å². The van der Waals surface area contributed by atoms with Gasteiger partial charge in [-0.25, -0.2) is 4.98 Å². The smallest absolute Gasteiger partial charge is 0.245 e. The van der Waals surface area contributed by atoms with Gasteiger partial charge in [0, 0.05) is 31.4 Å². The first kappa shape index (κ1) is 38.2. The summed E-state index contributed by atoms with van der Waals surface area (Å²) in [6.07, 6.45) is 8.41. The molecule has 4 atom stereocenters. The second kappa shape index (κ2) is 16.5. The molecule has 292 valence electrons. The summed E-state index contributed by atoms with van der Waals surface area (Å²) in [5.41, 5.74) is 11.0. The fourth-order valence-electron chi connectivity index (χ4n) is 9.10. The Hall–Kier alpha value is -5.64. The number of carbonyl (C=O) groups excluding carboxylic acids is 2. The van der Waals surface area contributed by atoms with Gasteiger partial charge in [-0.05, 0) is 105 Å². The van der Waals surface area contributed by atoms with Crippen molar-refractivity contribution in [1.82, 2.24) is 29.6 Å². The predicted molar refractivity (Wildman–Crippen MR) is 228 cm³/mol. The summed E-state index contributed by atoms with van der Waals surface area (Å²) in [6.45, 7) is 3.65. The Bertz CT molecular complexity index is 2280. The zero-order valence-electron chi connectivity index (χ0n) is 33.7. The van der Waals surface area contributed by atoms with Gasteiger partial charge >= 0.3 is 0 Å². The molecule has 0 spiro atoms. The van der Waals surface area contributed by atoms with Crippen LogP contribution < -0.4 is 0 Å². The lowest BCUT2D eigenvalue weighted by molar-refractivity contribution is -0.137. The predicted octanol–water partition coefficient (Wildman–Crippen LogP) is 8.50. The summed E-state index contributed by atoms with van der Waals surface area (Å²) in [6, 6.07) is 34.7. The van der Waals surface area contributed by atoms with Crippen LogP contribution in [0.1, 0.15) is 78.3 Å². The third kappa shape index (κ3) is 7.74. The van der Waals surface area contributed by atoms with E-state index in [2.05, 4.69) is 59.3 Å². The molecule has 0 radical (unpaired) electrons. The summed E-state index contributed by atoms with van der Waals surface area (Å²) in [5, 5.41) is 0. The molecular formula is C48H53N7O2. The Morgan fingerprint density at radius 2 is 1.25 bits per heavy atom. The fourth-order valence-corrected chi connectivity index (χ4v) is 9.10. The molecule has 2 fully saturated rings. The second-order valence-corrected chi connectivity index (χ2v) is 16.2. The number of nitrogens with one attached hydrogen (secondary N) is 1. The number of likely N-dealkylation sites (N-methyl/N-ethyl adjacent to an activating group) is 2. The normalized spacial score (nSPS) is 19.3. The van der Waals surface area contributed by atoms with Crippen molar-refractivity contribution in [3.05, 3.63) is 144 Å². The van der Waals surface area contributed by atoms with Crippen LogP contribution in [0.25, 0.3) is 28.0 Å². The van der Waals surface area contributed by atoms with Gasteiger partial charge in [0.15, 0.2) is 0 Å². The standard InChI is InChI=1S/C48H53N7O2/c1-32-28-37(38-29-40(49-30-38)42-18-12-26-54(42)47(56)44(52(2)3)35-14-8-6-9-15-35)24-25-39(32)33-20-22-34(23-21-33)41-31-50-46(51-41)43-19-13-27-55(43)48(57)45(53(4)5)36-16-10-7-11-17-36/h6-11,14-17,20-25,28,30-31,42-45H,12-13,18-19,26-27,29H2,1-5H3,(H,50,51)/t42-,43-,44+,45+/m0/s1. The van der Waals surface area contributed by atoms with Gasteiger partial charge in [-0.1, -0.05) is 103 Å². The van der Waals surface area contributed by atoms with Crippen molar-refractivity contribution in [3.8, 4) is 22.4 Å². The summed E-state index contributed by atoms with van der Waals surface area (Å²) >= 11 is 0. The molecule has 4 heterocycles. The van der Waals surface area contributed by atoms with E-state index in [4.69, 9.17) is 9.98 Å². The zero-order valence-corrected chi connectivity index (χ0v) is 33.7. The number of allylic oxidation sites excluding steroid dienone is 1. The van der Waals surface area contributed by atoms with E-state index in [0.29, 0.717) is 0 Å². The molecular weight excluding hydrogens is 707 g/mol. The van der Waals surface area contributed by atoms with Crippen molar-refractivity contribution >= 4 is 23.1 Å². The Morgan fingerprint density at radius 3 is 1.82 bits per heavy atom. The molecule has 9 heteroatoms. The van der Waals surface area contributed by atoms with Crippen molar-refractivity contribution < 1.29 is 9.59 Å². The van der Waals surface area contributed by atoms with E-state index in [0.717, 1.165) is 84.7 Å². The van der Waals surface area contributed by atoms with Crippen molar-refractivity contribution in [3.63, 3.8) is 0 Å². The van der Waals surface area contributed by atoms with E-state index in [1.165, 1.54) is 22.3 Å². The Kier molecular flexibility index (Phi) is 11.0. The molecule has 57 heavy (non-hydrogen) atoms. The number of aryl methyl sites for hydroxylation is 1. The third-order valence-electron chi connectivity index (χ3n) is 12.0. The summed E-state index contributed by atoms with van der Waals surface area (Å²) in [5.74, 6) is 1.09. The maximum atomic E-state index is 14.0. The van der Waals surface area contributed by atoms with Crippen LogP contribution in [0.2, 0.25) is 0 Å². The highest BCUT2D eigenvalue weighted by Gasteiger charge is 2.39. The van der Waals surface area contributed by atoms with Crippen molar-refractivity contribution in [2.75, 3.05) is 41.3 Å². The number of H-pyrrole nitrogens is 1. The van der Waals surface area contributed by atoms with Crippen molar-refractivity contribution in [2.45, 2.75) is 63.2 Å². The first-order chi connectivity index (χ1) is 27.7. The van der Waals surface area contributed by atoms with E-state index in [9.17, 15) is 9.59 Å². The third-order valence-corrected chi connectivity index (χ3v) is 12.0. The first-order valence-corrected chi connectivity index (χ1v) is 20.2. The van der Waals surface area contributed by atoms with Crippen molar-refractivity contribution in [2.24, 2.45) is 4.99 Å². The Labute approximate surface area is 336 Å². The first-order valence-electron chi connectivity index (χ1n) is 20.2. The molecule has 2 saturated heterocycles. The lowest BCUT2D eigenvalue weighted by Crippen LogP contribution is -2.45. The average molecular weight is 760 g/mol. The Balaban J connectivity index is 0.920. The number of benzene rings is 4. The van der Waals surface area contributed by atoms with Gasteiger partial charge < -0.3 is 14.8 Å². The maximum absolute atomic E-state index is 14.0. The number of imidazole rings is 1. The minimum Gasteiger partial charge on any atom is -0.340 e. The van der Waals surface area contributed by atoms with Gasteiger partial charge in [-0.2, -0.15) is 0 Å². The number of aromatic amines is 1. The Morgan fingerprint density at radius 1 is 0.702 bits per heavy atom. The summed E-state index contributed by atoms with van der Waals surface area (Å²) in [7, 11) is 7.89. The van der Waals surface area contributed by atoms with Gasteiger partial charge in [0.2, 0.25) is 11.8 Å². The number of aromatic nitrogens is 2. The number of hydrogen-bond acceptors (Lipinski definition) is 6. The van der Waals surface area contributed by atoms with E-state index in [1.54, 1.807) is 0 Å². The van der Waals surface area contributed by atoms with Gasteiger partial charge in [0.05, 0.1) is 24.0 Å². The largest absolute Gasteiger partial charge is 0.340 e. The zero-order chi connectivity index (χ0) is 39.6. The average Bonchev–Trinajstić information content (AvgIpc) is 4.06. The number of likely N-dealkylation sites (tertiary alicyclic amines) is 2. The van der Waals surface area contributed by atoms with Gasteiger partial charge in [-0.3, -0.25) is 24.4 Å². The van der Waals surface area contributed by atoms with Crippen molar-refractivity contribution in [1.29, 1.82) is 0 Å². The molecule has 3 aliphatic rings. The molecule has 5 aromatic rings. The van der Waals surface area contributed by atoms with E-state index in [-0.39, 0.29) is 36.0 Å². The van der Waals surface area contributed by atoms with Crippen LogP contribution in [0.4, 0.5) is 0 Å². The molecule has 0 aliphatic carbocycles. The minimum atomic E-state index is -0.339. The number of carbonyl (C=O) groups is 2. The van der Waals surface area contributed by atoms with Crippen LogP contribution in [0.15, 0.2) is 121 Å². The van der Waals surface area contributed by atoms with Crippen LogP contribution in [0, 0.1) is 6.92 Å². The van der Waals surface area contributed by atoms with Crippen LogP contribution in [-0.2, 0) is 9.59 Å². The van der Waals surface area contributed by atoms with Crippen LogP contribution in [0.3, 0.4) is 0 Å². The number of amides is 2. The van der Waals surface area contributed by atoms with E-state index < -0.39 is 0 Å². The molecule has 0 unspecified atom stereocenters. The molecule has 3 aliphatic heterocycles. The fraction of sp³-hybridized carbons (Fsp3) is 0.333. The highest BCUT2D eigenvalue weighted by atomic mass is 16.2. The quantitative estimate of drug-likeness (QED) is 0.146. The van der Waals surface area contributed by atoms with Gasteiger partial charge in [0.25, 0.3) is 0 Å². The summed E-state index contributed by atoms with van der Waals surface area (Å²) < 4.78 is 0. The second-order valence-electron chi connectivity index (χ2n) is 16.2. The number of rotatable bonds is 11. The van der Waals surface area contributed by atoms with Crippen LogP contribution >= 0.6 is 0 Å².